The Morgan fingerprint density at radius 2 is 2.18 bits per heavy atom. The molecule has 0 aromatic carbocycles. The molecule has 1 atom stereocenters. The molecule has 0 saturated heterocycles. The molecule has 0 aliphatic carbocycles. The molecule has 1 rings (SSSR count). The van der Waals surface area contributed by atoms with Gasteiger partial charge >= 0.3 is 0 Å². The molecular formula is C8H9N3. The number of aromatic nitrogens is 2. The number of nitrogens with zero attached hydrogens (tertiary/aromatic N) is 3. The highest BCUT2D eigenvalue weighted by molar-refractivity contribution is 5.12. The maximum Gasteiger partial charge on any atom is 0.0872 e. The first-order valence-electron chi connectivity index (χ1n) is 3.42. The van der Waals surface area contributed by atoms with Crippen molar-refractivity contribution in [2.24, 2.45) is 0 Å². The molecule has 0 saturated carbocycles. The van der Waals surface area contributed by atoms with Crippen molar-refractivity contribution in [3.63, 3.8) is 0 Å². The van der Waals surface area contributed by atoms with Crippen molar-refractivity contribution in [1.82, 2.24) is 9.97 Å². The smallest absolute Gasteiger partial charge is 0.0872 e. The van der Waals surface area contributed by atoms with Gasteiger partial charge < -0.3 is 0 Å². The van der Waals surface area contributed by atoms with Crippen LogP contribution in [0.5, 0.6) is 0 Å². The van der Waals surface area contributed by atoms with Gasteiger partial charge in [-0.15, -0.1) is 0 Å². The fourth-order valence-electron chi connectivity index (χ4n) is 0.692. The summed E-state index contributed by atoms with van der Waals surface area (Å²) < 4.78 is 0. The van der Waals surface area contributed by atoms with E-state index in [0.717, 1.165) is 11.4 Å². The van der Waals surface area contributed by atoms with Crippen LogP contribution in [0.2, 0.25) is 0 Å². The lowest BCUT2D eigenvalue weighted by atomic mass is 10.1. The molecule has 1 unspecified atom stereocenters. The molecule has 1 heterocycles. The van der Waals surface area contributed by atoms with Crippen LogP contribution in [0.25, 0.3) is 0 Å². The van der Waals surface area contributed by atoms with Crippen molar-refractivity contribution < 1.29 is 0 Å². The van der Waals surface area contributed by atoms with Gasteiger partial charge in [0.25, 0.3) is 0 Å². The van der Waals surface area contributed by atoms with Gasteiger partial charge in [-0.2, -0.15) is 5.26 Å². The molecular weight excluding hydrogens is 138 g/mol. The van der Waals surface area contributed by atoms with Gasteiger partial charge in [-0.1, -0.05) is 0 Å². The Bertz CT molecular complexity index is 270. The predicted octanol–water partition coefficient (Wildman–Crippen LogP) is 1.41. The second-order valence-electron chi connectivity index (χ2n) is 2.43. The number of hydrogen-bond acceptors (Lipinski definition) is 3. The molecule has 1 aromatic heterocycles. The maximum atomic E-state index is 8.54. The van der Waals surface area contributed by atoms with Crippen molar-refractivity contribution in [1.29, 1.82) is 5.26 Å². The molecule has 56 valence electrons. The van der Waals surface area contributed by atoms with Gasteiger partial charge in [-0.05, 0) is 13.8 Å². The fraction of sp³-hybridized carbons (Fsp3) is 0.375. The van der Waals surface area contributed by atoms with Gasteiger partial charge in [-0.25, -0.2) is 0 Å². The lowest BCUT2D eigenvalue weighted by Gasteiger charge is -1.99. The van der Waals surface area contributed by atoms with Crippen molar-refractivity contribution in [2.45, 2.75) is 19.8 Å². The zero-order valence-electron chi connectivity index (χ0n) is 6.57. The maximum absolute atomic E-state index is 8.54. The van der Waals surface area contributed by atoms with Crippen molar-refractivity contribution >= 4 is 0 Å². The van der Waals surface area contributed by atoms with E-state index in [1.165, 1.54) is 0 Å². The number of nitriles is 1. The fourth-order valence-corrected chi connectivity index (χ4v) is 0.692. The third-order valence-electron chi connectivity index (χ3n) is 1.44. The largest absolute Gasteiger partial charge is 0.258 e. The third kappa shape index (κ3) is 1.74. The van der Waals surface area contributed by atoms with Crippen LogP contribution in [0.4, 0.5) is 0 Å². The monoisotopic (exact) mass is 147 g/mol. The molecule has 1 aromatic rings. The van der Waals surface area contributed by atoms with Gasteiger partial charge in [0.15, 0.2) is 0 Å². The lowest BCUT2D eigenvalue weighted by molar-refractivity contribution is 0.891. The molecule has 3 nitrogen and oxygen atoms in total. The summed E-state index contributed by atoms with van der Waals surface area (Å²) in [5, 5.41) is 8.54. The average Bonchev–Trinajstić information content (AvgIpc) is 2.05. The van der Waals surface area contributed by atoms with Crippen molar-refractivity contribution in [3.8, 4) is 6.07 Å². The van der Waals surface area contributed by atoms with E-state index in [1.54, 1.807) is 19.3 Å². The Hall–Kier alpha value is -1.43. The van der Waals surface area contributed by atoms with Gasteiger partial charge in [0.1, 0.15) is 0 Å². The van der Waals surface area contributed by atoms with Crippen LogP contribution in [-0.4, -0.2) is 9.97 Å². The first-order chi connectivity index (χ1) is 5.24. The molecule has 11 heavy (non-hydrogen) atoms. The molecule has 0 fully saturated rings. The van der Waals surface area contributed by atoms with E-state index in [2.05, 4.69) is 16.0 Å². The third-order valence-corrected chi connectivity index (χ3v) is 1.44. The second kappa shape index (κ2) is 3.11. The Kier molecular flexibility index (Phi) is 2.17. The Balaban J connectivity index is 2.92. The summed E-state index contributed by atoms with van der Waals surface area (Å²) in [6, 6.07) is 2.10. The molecule has 0 aliphatic rings. The van der Waals surface area contributed by atoms with Crippen LogP contribution < -0.4 is 0 Å². The van der Waals surface area contributed by atoms with Crippen LogP contribution in [0, 0.1) is 18.3 Å². The van der Waals surface area contributed by atoms with Crippen LogP contribution in [0.1, 0.15) is 24.2 Å². The van der Waals surface area contributed by atoms with E-state index in [4.69, 9.17) is 5.26 Å². The normalized spacial score (nSPS) is 12.1. The molecule has 0 bridgehead atoms. The van der Waals surface area contributed by atoms with Crippen molar-refractivity contribution in [3.05, 3.63) is 23.8 Å². The van der Waals surface area contributed by atoms with E-state index in [-0.39, 0.29) is 5.92 Å². The van der Waals surface area contributed by atoms with E-state index in [9.17, 15) is 0 Å². The predicted molar refractivity (Wildman–Crippen MR) is 40.8 cm³/mol. The highest BCUT2D eigenvalue weighted by Crippen LogP contribution is 2.08. The number of hydrogen-bond donors (Lipinski definition) is 0. The molecule has 0 amide bonds. The van der Waals surface area contributed by atoms with Crippen molar-refractivity contribution in [2.75, 3.05) is 0 Å². The summed E-state index contributed by atoms with van der Waals surface area (Å²) in [7, 11) is 0. The van der Waals surface area contributed by atoms with E-state index < -0.39 is 0 Å². The second-order valence-corrected chi connectivity index (χ2v) is 2.43. The summed E-state index contributed by atoms with van der Waals surface area (Å²) in [6.07, 6.45) is 3.31. The quantitative estimate of drug-likeness (QED) is 0.603. The van der Waals surface area contributed by atoms with E-state index >= 15 is 0 Å². The summed E-state index contributed by atoms with van der Waals surface area (Å²) in [5.74, 6) is -0.164. The van der Waals surface area contributed by atoms with Gasteiger partial charge in [-0.3, -0.25) is 9.97 Å². The topological polar surface area (TPSA) is 49.6 Å². The Labute approximate surface area is 65.7 Å². The summed E-state index contributed by atoms with van der Waals surface area (Å²) >= 11 is 0. The minimum absolute atomic E-state index is 0.164. The number of rotatable bonds is 1. The van der Waals surface area contributed by atoms with Crippen LogP contribution in [0.15, 0.2) is 12.4 Å². The zero-order chi connectivity index (χ0) is 8.27. The highest BCUT2D eigenvalue weighted by Gasteiger charge is 2.03. The molecule has 0 aliphatic heterocycles. The standard InChI is InChI=1S/C8H9N3/c1-6(3-9)8-5-10-7(2)4-11-8/h4-6H,1-2H3. The van der Waals surface area contributed by atoms with E-state index in [0.29, 0.717) is 0 Å². The van der Waals surface area contributed by atoms with Gasteiger partial charge in [0.2, 0.25) is 0 Å². The Morgan fingerprint density at radius 1 is 1.45 bits per heavy atom. The van der Waals surface area contributed by atoms with Gasteiger partial charge in [0, 0.05) is 6.20 Å². The summed E-state index contributed by atoms with van der Waals surface area (Å²) in [5.41, 5.74) is 1.61. The van der Waals surface area contributed by atoms with E-state index in [1.807, 2.05) is 6.92 Å². The highest BCUT2D eigenvalue weighted by atomic mass is 14.8. The average molecular weight is 147 g/mol. The first-order valence-corrected chi connectivity index (χ1v) is 3.42. The van der Waals surface area contributed by atoms with Crippen LogP contribution in [-0.2, 0) is 0 Å². The lowest BCUT2D eigenvalue weighted by Crippen LogP contribution is -1.95. The van der Waals surface area contributed by atoms with Crippen LogP contribution in [0.3, 0.4) is 0 Å². The summed E-state index contributed by atoms with van der Waals surface area (Å²) in [4.78, 5) is 8.10. The first kappa shape index (κ1) is 7.67. The number of aryl methyl sites for hydroxylation is 1. The van der Waals surface area contributed by atoms with Gasteiger partial charge in [0.05, 0.1) is 29.6 Å². The SMILES string of the molecule is Cc1cnc(C(C)C#N)cn1. The molecule has 0 spiro atoms. The van der Waals surface area contributed by atoms with Crippen LogP contribution >= 0.6 is 0 Å². The molecule has 3 heteroatoms. The molecule has 0 radical (unpaired) electrons. The molecule has 0 N–H and O–H groups in total. The Morgan fingerprint density at radius 3 is 2.64 bits per heavy atom. The minimum Gasteiger partial charge on any atom is -0.258 e. The summed E-state index contributed by atoms with van der Waals surface area (Å²) in [6.45, 7) is 3.67. The zero-order valence-corrected chi connectivity index (χ0v) is 6.57. The minimum atomic E-state index is -0.164.